The second-order valence-electron chi connectivity index (χ2n) is 7.21. The smallest absolute Gasteiger partial charge is 0.162 e. The lowest BCUT2D eigenvalue weighted by Crippen LogP contribution is -2.34. The Morgan fingerprint density at radius 1 is 1.10 bits per heavy atom. The highest BCUT2D eigenvalue weighted by Gasteiger charge is 2.23. The van der Waals surface area contributed by atoms with Gasteiger partial charge in [0, 0.05) is 23.3 Å². The first-order chi connectivity index (χ1) is 14.2. The maximum Gasteiger partial charge on any atom is 0.162 e. The predicted octanol–water partition coefficient (Wildman–Crippen LogP) is 6.08. The van der Waals surface area contributed by atoms with E-state index in [4.69, 9.17) is 4.37 Å². The van der Waals surface area contributed by atoms with Gasteiger partial charge in [0.05, 0.1) is 10.4 Å². The number of likely N-dealkylation sites (tertiary alicyclic amines) is 1. The summed E-state index contributed by atoms with van der Waals surface area (Å²) in [4.78, 5) is 14.6. The normalized spacial score (nSPS) is 15.1. The average Bonchev–Trinajstić information content (AvgIpc) is 3.20. The monoisotopic (exact) mass is 410 g/mol. The molecule has 1 aliphatic heterocycles. The van der Waals surface area contributed by atoms with Gasteiger partial charge in [-0.2, -0.15) is 4.37 Å². The predicted molar refractivity (Wildman–Crippen MR) is 119 cm³/mol. The van der Waals surface area contributed by atoms with E-state index in [0.29, 0.717) is 17.9 Å². The minimum absolute atomic E-state index is 0.0961. The van der Waals surface area contributed by atoms with Crippen LogP contribution in [0.25, 0.3) is 10.1 Å². The fourth-order valence-electron chi connectivity index (χ4n) is 3.87. The van der Waals surface area contributed by atoms with Crippen molar-refractivity contribution in [3.63, 3.8) is 0 Å². The molecular weight excluding hydrogens is 383 g/mol. The van der Waals surface area contributed by atoms with Crippen molar-refractivity contribution in [3.8, 4) is 0 Å². The lowest BCUT2D eigenvalue weighted by atomic mass is 9.91. The standard InChI is InChI=1S/C22H23FN2OS.C2H4/c23-18-9-7-16(8-10-18)20(26)5-3-13-25-14-11-17(12-15-25)22-19-4-1-2-6-21(19)27-24-22;1-2/h1-2,4,6-10,17H,3,5,11-15H2;1-2H2. The van der Waals surface area contributed by atoms with Crippen molar-refractivity contribution in [2.24, 2.45) is 0 Å². The molecule has 0 atom stereocenters. The van der Waals surface area contributed by atoms with Crippen LogP contribution in [0.1, 0.15) is 47.7 Å². The number of hydrogen-bond acceptors (Lipinski definition) is 4. The number of Topliss-reactive ketones (excluding diaryl/α,β-unsaturated/α-hetero) is 1. The molecule has 0 unspecified atom stereocenters. The summed E-state index contributed by atoms with van der Waals surface area (Å²) in [6.07, 6.45) is 3.61. The minimum Gasteiger partial charge on any atom is -0.303 e. The van der Waals surface area contributed by atoms with Crippen LogP contribution >= 0.6 is 11.5 Å². The Morgan fingerprint density at radius 3 is 2.52 bits per heavy atom. The maximum atomic E-state index is 12.9. The van der Waals surface area contributed by atoms with Crippen molar-refractivity contribution in [1.29, 1.82) is 0 Å². The molecule has 5 heteroatoms. The number of carbonyl (C=O) groups excluding carboxylic acids is 1. The number of aromatic nitrogens is 1. The van der Waals surface area contributed by atoms with Crippen LogP contribution < -0.4 is 0 Å². The Labute approximate surface area is 176 Å². The molecule has 152 valence electrons. The number of hydrogen-bond donors (Lipinski definition) is 0. The van der Waals surface area contributed by atoms with Crippen molar-refractivity contribution in [1.82, 2.24) is 9.27 Å². The van der Waals surface area contributed by atoms with E-state index in [-0.39, 0.29) is 11.6 Å². The molecule has 3 nitrogen and oxygen atoms in total. The Morgan fingerprint density at radius 2 is 1.79 bits per heavy atom. The van der Waals surface area contributed by atoms with E-state index >= 15 is 0 Å². The number of benzene rings is 2. The number of rotatable bonds is 6. The number of ketones is 1. The van der Waals surface area contributed by atoms with Crippen LogP contribution in [0.2, 0.25) is 0 Å². The first-order valence-corrected chi connectivity index (χ1v) is 10.8. The summed E-state index contributed by atoms with van der Waals surface area (Å²) in [7, 11) is 0. The second-order valence-corrected chi connectivity index (χ2v) is 8.02. The fourth-order valence-corrected chi connectivity index (χ4v) is 4.73. The van der Waals surface area contributed by atoms with Crippen molar-refractivity contribution in [2.75, 3.05) is 19.6 Å². The third-order valence-electron chi connectivity index (χ3n) is 5.42. The summed E-state index contributed by atoms with van der Waals surface area (Å²) in [5.74, 6) is 0.333. The Hall–Kier alpha value is -2.37. The third kappa shape index (κ3) is 5.37. The van der Waals surface area contributed by atoms with Gasteiger partial charge < -0.3 is 4.90 Å². The molecule has 1 fully saturated rings. The molecule has 2 aromatic carbocycles. The first kappa shape index (κ1) is 21.3. The molecule has 0 aliphatic carbocycles. The van der Waals surface area contributed by atoms with Crippen LogP contribution in [-0.2, 0) is 0 Å². The molecule has 4 rings (SSSR count). The van der Waals surface area contributed by atoms with Gasteiger partial charge in [-0.05, 0) is 80.8 Å². The van der Waals surface area contributed by atoms with Crippen molar-refractivity contribution >= 4 is 27.4 Å². The molecule has 0 amide bonds. The molecule has 1 saturated heterocycles. The molecular formula is C24H27FN2OS. The van der Waals surface area contributed by atoms with E-state index < -0.39 is 0 Å². The highest BCUT2D eigenvalue weighted by molar-refractivity contribution is 7.13. The Bertz CT molecular complexity index is 929. The first-order valence-electron chi connectivity index (χ1n) is 10.1. The highest BCUT2D eigenvalue weighted by atomic mass is 32.1. The van der Waals surface area contributed by atoms with E-state index in [2.05, 4.69) is 42.3 Å². The molecule has 1 aliphatic rings. The second kappa shape index (κ2) is 10.4. The van der Waals surface area contributed by atoms with E-state index in [0.717, 1.165) is 38.9 Å². The number of nitrogens with zero attached hydrogens (tertiary/aromatic N) is 2. The van der Waals surface area contributed by atoms with Crippen molar-refractivity contribution in [2.45, 2.75) is 31.6 Å². The molecule has 1 aromatic heterocycles. The Kier molecular flexibility index (Phi) is 7.67. The molecule has 29 heavy (non-hydrogen) atoms. The number of fused-ring (bicyclic) bond motifs is 1. The summed E-state index contributed by atoms with van der Waals surface area (Å²) in [5.41, 5.74) is 1.87. The third-order valence-corrected chi connectivity index (χ3v) is 6.26. The van der Waals surface area contributed by atoms with Gasteiger partial charge in [0.2, 0.25) is 0 Å². The van der Waals surface area contributed by atoms with Gasteiger partial charge in [-0.25, -0.2) is 4.39 Å². The quantitative estimate of drug-likeness (QED) is 0.365. The summed E-state index contributed by atoms with van der Waals surface area (Å²) in [6.45, 7) is 9.06. The zero-order valence-corrected chi connectivity index (χ0v) is 17.5. The van der Waals surface area contributed by atoms with E-state index in [9.17, 15) is 9.18 Å². The van der Waals surface area contributed by atoms with E-state index in [1.807, 2.05) is 0 Å². The number of carbonyl (C=O) groups is 1. The van der Waals surface area contributed by atoms with Crippen LogP contribution in [0, 0.1) is 5.82 Å². The zero-order chi connectivity index (χ0) is 20.6. The summed E-state index contributed by atoms with van der Waals surface area (Å²) < 4.78 is 18.9. The molecule has 0 radical (unpaired) electrons. The molecule has 0 saturated carbocycles. The molecule has 0 spiro atoms. The maximum absolute atomic E-state index is 12.9. The topological polar surface area (TPSA) is 33.2 Å². The molecule has 0 N–H and O–H groups in total. The van der Waals surface area contributed by atoms with E-state index in [1.54, 1.807) is 23.7 Å². The van der Waals surface area contributed by atoms with Gasteiger partial charge in [0.15, 0.2) is 5.78 Å². The van der Waals surface area contributed by atoms with Gasteiger partial charge in [0.1, 0.15) is 5.82 Å². The summed E-state index contributed by atoms with van der Waals surface area (Å²) in [5, 5.41) is 1.31. The van der Waals surface area contributed by atoms with Gasteiger partial charge in [-0.15, -0.1) is 13.2 Å². The number of halogens is 1. The lowest BCUT2D eigenvalue weighted by Gasteiger charge is -2.31. The molecule has 3 aromatic rings. The van der Waals surface area contributed by atoms with Crippen LogP contribution in [0.4, 0.5) is 4.39 Å². The SMILES string of the molecule is C=C.O=C(CCCN1CCC(c2nsc3ccccc23)CC1)c1ccc(F)cc1. The lowest BCUT2D eigenvalue weighted by molar-refractivity contribution is 0.0972. The van der Waals surface area contributed by atoms with Crippen LogP contribution in [-0.4, -0.2) is 34.7 Å². The summed E-state index contributed by atoms with van der Waals surface area (Å²) >= 11 is 1.60. The van der Waals surface area contributed by atoms with Gasteiger partial charge in [-0.1, -0.05) is 18.2 Å². The van der Waals surface area contributed by atoms with Gasteiger partial charge in [-0.3, -0.25) is 4.79 Å². The minimum atomic E-state index is -0.303. The summed E-state index contributed by atoms with van der Waals surface area (Å²) in [6, 6.07) is 14.3. The van der Waals surface area contributed by atoms with Crippen molar-refractivity contribution < 1.29 is 9.18 Å². The largest absolute Gasteiger partial charge is 0.303 e. The molecule has 0 bridgehead atoms. The molecule has 2 heterocycles. The average molecular weight is 411 g/mol. The Balaban J connectivity index is 0.00000117. The van der Waals surface area contributed by atoms with Crippen LogP contribution in [0.3, 0.4) is 0 Å². The van der Waals surface area contributed by atoms with Crippen LogP contribution in [0.15, 0.2) is 61.7 Å². The number of piperidine rings is 1. The van der Waals surface area contributed by atoms with Gasteiger partial charge >= 0.3 is 0 Å². The van der Waals surface area contributed by atoms with Crippen LogP contribution in [0.5, 0.6) is 0 Å². The fraction of sp³-hybridized carbons (Fsp3) is 0.333. The van der Waals surface area contributed by atoms with Crippen molar-refractivity contribution in [3.05, 3.63) is 78.8 Å². The highest BCUT2D eigenvalue weighted by Crippen LogP contribution is 2.34. The zero-order valence-electron chi connectivity index (χ0n) is 16.6. The van der Waals surface area contributed by atoms with E-state index in [1.165, 1.54) is 27.9 Å². The van der Waals surface area contributed by atoms with Gasteiger partial charge in [0.25, 0.3) is 0 Å².